The highest BCUT2D eigenvalue weighted by Gasteiger charge is 2.25. The molecule has 0 bridgehead atoms. The predicted molar refractivity (Wildman–Crippen MR) is 81.8 cm³/mol. The zero-order chi connectivity index (χ0) is 15.5. The molecule has 7 heteroatoms. The Morgan fingerprint density at radius 1 is 1.33 bits per heavy atom. The number of hydrogen-bond donors (Lipinski definition) is 2. The first kappa shape index (κ1) is 15.5. The maximum absolute atomic E-state index is 12.0. The van der Waals surface area contributed by atoms with Gasteiger partial charge in [-0.05, 0) is 24.5 Å². The molecular weight excluding hydrogens is 290 g/mol. The van der Waals surface area contributed by atoms with E-state index in [1.807, 2.05) is 0 Å². The fraction of sp³-hybridized carbons (Fsp3) is 0.429. The van der Waals surface area contributed by atoms with Crippen LogP contribution in [0.5, 0.6) is 0 Å². The number of benzene rings is 1. The quantitative estimate of drug-likeness (QED) is 0.867. The third-order valence-electron chi connectivity index (χ3n) is 3.05. The molecule has 0 radical (unpaired) electrons. The fourth-order valence-electron chi connectivity index (χ4n) is 1.96. The van der Waals surface area contributed by atoms with E-state index in [1.54, 1.807) is 18.2 Å². The Hall–Kier alpha value is -1.89. The average molecular weight is 309 g/mol. The zero-order valence-electron chi connectivity index (χ0n) is 12.1. The van der Waals surface area contributed by atoms with Crippen LogP contribution in [-0.2, 0) is 14.8 Å². The van der Waals surface area contributed by atoms with Crippen LogP contribution in [0.4, 0.5) is 5.69 Å². The SMILES string of the molecule is CC(C)CCNC(=O)CC1=NS(=O)(=O)c2ccccc2N1. The Morgan fingerprint density at radius 2 is 2.05 bits per heavy atom. The minimum Gasteiger partial charge on any atom is -0.356 e. The van der Waals surface area contributed by atoms with E-state index in [1.165, 1.54) is 6.07 Å². The monoisotopic (exact) mass is 309 g/mol. The van der Waals surface area contributed by atoms with Gasteiger partial charge in [-0.1, -0.05) is 26.0 Å². The number of nitrogens with one attached hydrogen (secondary N) is 2. The number of carbonyl (C=O) groups excluding carboxylic acids is 1. The molecule has 2 N–H and O–H groups in total. The number of rotatable bonds is 5. The van der Waals surface area contributed by atoms with Gasteiger partial charge in [0, 0.05) is 6.54 Å². The summed E-state index contributed by atoms with van der Waals surface area (Å²) in [4.78, 5) is 11.9. The molecule has 0 saturated carbocycles. The first-order chi connectivity index (χ1) is 9.88. The summed E-state index contributed by atoms with van der Waals surface area (Å²) >= 11 is 0. The van der Waals surface area contributed by atoms with Crippen LogP contribution < -0.4 is 10.6 Å². The van der Waals surface area contributed by atoms with Crippen LogP contribution in [-0.4, -0.2) is 26.7 Å². The molecule has 0 saturated heterocycles. The van der Waals surface area contributed by atoms with Crippen molar-refractivity contribution in [3.8, 4) is 0 Å². The van der Waals surface area contributed by atoms with Crippen molar-refractivity contribution in [3.05, 3.63) is 24.3 Å². The molecule has 0 aromatic heterocycles. The first-order valence-corrected chi connectivity index (χ1v) is 8.29. The van der Waals surface area contributed by atoms with Crippen LogP contribution in [0.2, 0.25) is 0 Å². The van der Waals surface area contributed by atoms with Gasteiger partial charge in [0.25, 0.3) is 10.0 Å². The maximum Gasteiger partial charge on any atom is 0.286 e. The van der Waals surface area contributed by atoms with Gasteiger partial charge in [0.15, 0.2) is 0 Å². The summed E-state index contributed by atoms with van der Waals surface area (Å²) in [6.45, 7) is 4.72. The molecule has 0 aliphatic carbocycles. The molecule has 2 rings (SSSR count). The van der Waals surface area contributed by atoms with Crippen molar-refractivity contribution in [2.24, 2.45) is 10.3 Å². The highest BCUT2D eigenvalue weighted by atomic mass is 32.2. The second-order valence-corrected chi connectivity index (χ2v) is 6.92. The van der Waals surface area contributed by atoms with E-state index in [0.29, 0.717) is 18.2 Å². The van der Waals surface area contributed by atoms with E-state index in [-0.39, 0.29) is 23.1 Å². The molecule has 1 heterocycles. The van der Waals surface area contributed by atoms with E-state index in [0.717, 1.165) is 6.42 Å². The molecule has 0 fully saturated rings. The van der Waals surface area contributed by atoms with E-state index in [4.69, 9.17) is 0 Å². The van der Waals surface area contributed by atoms with Gasteiger partial charge in [0.1, 0.15) is 10.7 Å². The number of sulfonamides is 1. The van der Waals surface area contributed by atoms with Gasteiger partial charge in [0.2, 0.25) is 5.91 Å². The molecule has 0 spiro atoms. The van der Waals surface area contributed by atoms with Crippen molar-refractivity contribution in [2.75, 3.05) is 11.9 Å². The van der Waals surface area contributed by atoms with Crippen LogP contribution in [0.15, 0.2) is 33.6 Å². The lowest BCUT2D eigenvalue weighted by Gasteiger charge is -2.17. The number of fused-ring (bicyclic) bond motifs is 1. The number of hydrogen-bond acceptors (Lipinski definition) is 4. The summed E-state index contributed by atoms with van der Waals surface area (Å²) in [5, 5.41) is 5.65. The number of nitrogens with zero attached hydrogens (tertiary/aromatic N) is 1. The number of carbonyl (C=O) groups is 1. The van der Waals surface area contributed by atoms with Crippen LogP contribution in [0.3, 0.4) is 0 Å². The van der Waals surface area contributed by atoms with Crippen molar-refractivity contribution in [3.63, 3.8) is 0 Å². The van der Waals surface area contributed by atoms with Crippen LogP contribution in [0.1, 0.15) is 26.7 Å². The lowest BCUT2D eigenvalue weighted by atomic mass is 10.1. The minimum absolute atomic E-state index is 0.0777. The Kier molecular flexibility index (Phi) is 4.62. The lowest BCUT2D eigenvalue weighted by Crippen LogP contribution is -2.31. The van der Waals surface area contributed by atoms with Crippen LogP contribution in [0.25, 0.3) is 0 Å². The van der Waals surface area contributed by atoms with Gasteiger partial charge in [-0.15, -0.1) is 4.40 Å². The molecule has 1 aliphatic heterocycles. The Labute approximate surface area is 124 Å². The zero-order valence-corrected chi connectivity index (χ0v) is 12.9. The standard InChI is InChI=1S/C14H19N3O3S/c1-10(2)7-8-15-14(18)9-13-16-11-5-3-4-6-12(11)21(19,20)17-13/h3-6,10H,7-9H2,1-2H3,(H,15,18)(H,16,17). The van der Waals surface area contributed by atoms with Crippen LogP contribution in [0, 0.1) is 5.92 Å². The summed E-state index contributed by atoms with van der Waals surface area (Å²) in [6, 6.07) is 6.50. The van der Waals surface area contributed by atoms with E-state index >= 15 is 0 Å². The summed E-state index contributed by atoms with van der Waals surface area (Å²) in [5.74, 6) is 0.412. The van der Waals surface area contributed by atoms with Gasteiger partial charge in [-0.3, -0.25) is 4.79 Å². The van der Waals surface area contributed by atoms with Crippen molar-refractivity contribution >= 4 is 27.5 Å². The van der Waals surface area contributed by atoms with Gasteiger partial charge in [-0.2, -0.15) is 8.42 Å². The maximum atomic E-state index is 12.0. The third kappa shape index (κ3) is 4.04. The van der Waals surface area contributed by atoms with Crippen LogP contribution >= 0.6 is 0 Å². The summed E-state index contributed by atoms with van der Waals surface area (Å²) in [6.07, 6.45) is 0.804. The van der Waals surface area contributed by atoms with Gasteiger partial charge >= 0.3 is 0 Å². The number of amides is 1. The molecule has 1 aromatic rings. The Morgan fingerprint density at radius 3 is 2.76 bits per heavy atom. The van der Waals surface area contributed by atoms with E-state index < -0.39 is 10.0 Å². The number of amidine groups is 1. The lowest BCUT2D eigenvalue weighted by molar-refractivity contribution is -0.119. The fourth-order valence-corrected chi connectivity index (χ4v) is 3.10. The molecule has 1 aliphatic rings. The second kappa shape index (κ2) is 6.26. The predicted octanol–water partition coefficient (Wildman–Crippen LogP) is 1.75. The summed E-state index contributed by atoms with van der Waals surface area (Å²) in [7, 11) is -3.73. The first-order valence-electron chi connectivity index (χ1n) is 6.85. The molecule has 1 amide bonds. The van der Waals surface area contributed by atoms with E-state index in [9.17, 15) is 13.2 Å². The summed E-state index contributed by atoms with van der Waals surface area (Å²) < 4.78 is 27.7. The van der Waals surface area contributed by atoms with Crippen molar-refractivity contribution < 1.29 is 13.2 Å². The van der Waals surface area contributed by atoms with Gasteiger partial charge in [0.05, 0.1) is 12.1 Å². The largest absolute Gasteiger partial charge is 0.356 e. The summed E-state index contributed by atoms with van der Waals surface area (Å²) in [5.41, 5.74) is 0.456. The van der Waals surface area contributed by atoms with Crippen molar-refractivity contribution in [1.82, 2.24) is 5.32 Å². The average Bonchev–Trinajstić information content (AvgIpc) is 2.37. The smallest absolute Gasteiger partial charge is 0.286 e. The molecule has 1 aromatic carbocycles. The minimum atomic E-state index is -3.73. The third-order valence-corrected chi connectivity index (χ3v) is 4.42. The molecular formula is C14H19N3O3S. The second-order valence-electron chi connectivity index (χ2n) is 5.34. The van der Waals surface area contributed by atoms with Crippen molar-refractivity contribution in [1.29, 1.82) is 0 Å². The molecule has 6 nitrogen and oxygen atoms in total. The molecule has 114 valence electrons. The number of anilines is 1. The Balaban J connectivity index is 2.03. The molecule has 0 unspecified atom stereocenters. The van der Waals surface area contributed by atoms with Gasteiger partial charge in [-0.25, -0.2) is 0 Å². The topological polar surface area (TPSA) is 87.6 Å². The van der Waals surface area contributed by atoms with Crippen molar-refractivity contribution in [2.45, 2.75) is 31.6 Å². The highest BCUT2D eigenvalue weighted by Crippen LogP contribution is 2.26. The van der Waals surface area contributed by atoms with Gasteiger partial charge < -0.3 is 10.6 Å². The highest BCUT2D eigenvalue weighted by molar-refractivity contribution is 7.90. The van der Waals surface area contributed by atoms with E-state index in [2.05, 4.69) is 28.9 Å². The number of para-hydroxylation sites is 1. The normalized spacial score (nSPS) is 15.9. The molecule has 21 heavy (non-hydrogen) atoms. The Bertz CT molecular complexity index is 666. The molecule has 0 atom stereocenters.